The Morgan fingerprint density at radius 3 is 2.73 bits per heavy atom. The average molecular weight is 207 g/mol. The third-order valence-electron chi connectivity index (χ3n) is 2.57. The van der Waals surface area contributed by atoms with Gasteiger partial charge in [-0.3, -0.25) is 4.79 Å². The predicted octanol–water partition coefficient (Wildman–Crippen LogP) is 3.66. The van der Waals surface area contributed by atoms with Crippen molar-refractivity contribution in [2.75, 3.05) is 0 Å². The summed E-state index contributed by atoms with van der Waals surface area (Å²) in [7, 11) is 0. The van der Waals surface area contributed by atoms with Crippen molar-refractivity contribution in [3.63, 3.8) is 0 Å². The Morgan fingerprint density at radius 1 is 1.27 bits per heavy atom. The first-order valence-corrected chi connectivity index (χ1v) is 5.97. The standard InChI is InChI=1S/C13H21NO/c1-3-5-6-9-14-10-8-12(11-14)13(15)7-4-2/h8,10-11H,3-7,9H2,1-2H3. The second-order valence-electron chi connectivity index (χ2n) is 4.02. The fourth-order valence-electron chi connectivity index (χ4n) is 1.66. The van der Waals surface area contributed by atoms with E-state index in [9.17, 15) is 4.79 Å². The van der Waals surface area contributed by atoms with Crippen molar-refractivity contribution < 1.29 is 4.79 Å². The van der Waals surface area contributed by atoms with E-state index in [0.29, 0.717) is 6.42 Å². The zero-order chi connectivity index (χ0) is 11.1. The second-order valence-corrected chi connectivity index (χ2v) is 4.02. The van der Waals surface area contributed by atoms with Crippen LogP contribution in [0, 0.1) is 0 Å². The van der Waals surface area contributed by atoms with E-state index < -0.39 is 0 Å². The van der Waals surface area contributed by atoms with Gasteiger partial charge in [0, 0.05) is 30.9 Å². The average Bonchev–Trinajstić information content (AvgIpc) is 2.67. The number of hydrogen-bond donors (Lipinski definition) is 0. The highest BCUT2D eigenvalue weighted by Gasteiger charge is 2.05. The van der Waals surface area contributed by atoms with Gasteiger partial charge in [-0.2, -0.15) is 0 Å². The van der Waals surface area contributed by atoms with Gasteiger partial charge >= 0.3 is 0 Å². The molecule has 0 saturated heterocycles. The first kappa shape index (κ1) is 12.0. The molecular weight excluding hydrogens is 186 g/mol. The summed E-state index contributed by atoms with van der Waals surface area (Å²) < 4.78 is 2.12. The number of unbranched alkanes of at least 4 members (excludes halogenated alkanes) is 2. The Morgan fingerprint density at radius 2 is 2.07 bits per heavy atom. The van der Waals surface area contributed by atoms with Gasteiger partial charge in [0.25, 0.3) is 0 Å². The second kappa shape index (κ2) is 6.44. The number of hydrogen-bond acceptors (Lipinski definition) is 1. The molecule has 2 nitrogen and oxygen atoms in total. The molecule has 0 bridgehead atoms. The summed E-state index contributed by atoms with van der Waals surface area (Å²) in [6.07, 6.45) is 9.29. The number of aromatic nitrogens is 1. The van der Waals surface area contributed by atoms with Gasteiger partial charge in [0.1, 0.15) is 0 Å². The molecule has 0 radical (unpaired) electrons. The van der Waals surface area contributed by atoms with Crippen LogP contribution in [0.2, 0.25) is 0 Å². The van der Waals surface area contributed by atoms with Gasteiger partial charge in [-0.15, -0.1) is 0 Å². The molecule has 0 saturated carbocycles. The monoisotopic (exact) mass is 207 g/mol. The lowest BCUT2D eigenvalue weighted by Crippen LogP contribution is -1.97. The molecule has 0 spiro atoms. The molecule has 0 aliphatic heterocycles. The summed E-state index contributed by atoms with van der Waals surface area (Å²) in [6, 6.07) is 1.93. The van der Waals surface area contributed by atoms with Gasteiger partial charge in [-0.25, -0.2) is 0 Å². The Labute approximate surface area is 92.3 Å². The molecule has 0 fully saturated rings. The quantitative estimate of drug-likeness (QED) is 0.494. The molecule has 2 heteroatoms. The first-order chi connectivity index (χ1) is 7.27. The van der Waals surface area contributed by atoms with E-state index in [1.54, 1.807) is 0 Å². The zero-order valence-corrected chi connectivity index (χ0v) is 9.83. The minimum absolute atomic E-state index is 0.270. The maximum atomic E-state index is 11.6. The van der Waals surface area contributed by atoms with Crippen molar-refractivity contribution >= 4 is 5.78 Å². The van der Waals surface area contributed by atoms with Gasteiger partial charge < -0.3 is 4.57 Å². The lowest BCUT2D eigenvalue weighted by molar-refractivity contribution is 0.0981. The molecule has 1 aromatic heterocycles. The molecule has 0 unspecified atom stereocenters. The molecule has 1 rings (SSSR count). The van der Waals surface area contributed by atoms with Crippen molar-refractivity contribution in [2.45, 2.75) is 52.5 Å². The fourth-order valence-corrected chi connectivity index (χ4v) is 1.66. The highest BCUT2D eigenvalue weighted by Crippen LogP contribution is 2.08. The SMILES string of the molecule is CCCCCn1ccc(C(=O)CCC)c1. The number of rotatable bonds is 7. The van der Waals surface area contributed by atoms with Crippen LogP contribution in [0.25, 0.3) is 0 Å². The Kier molecular flexibility index (Phi) is 5.16. The van der Waals surface area contributed by atoms with Gasteiger partial charge in [-0.05, 0) is 18.9 Å². The van der Waals surface area contributed by atoms with E-state index >= 15 is 0 Å². The Hall–Kier alpha value is -1.05. The smallest absolute Gasteiger partial charge is 0.164 e. The van der Waals surface area contributed by atoms with Crippen molar-refractivity contribution in [2.24, 2.45) is 0 Å². The molecule has 0 amide bonds. The summed E-state index contributed by atoms with van der Waals surface area (Å²) in [4.78, 5) is 11.6. The molecule has 0 atom stereocenters. The summed E-state index contributed by atoms with van der Waals surface area (Å²) in [5.41, 5.74) is 0.869. The van der Waals surface area contributed by atoms with E-state index in [4.69, 9.17) is 0 Å². The third kappa shape index (κ3) is 3.90. The number of Topliss-reactive ketones (excluding diaryl/α,β-unsaturated/α-hetero) is 1. The normalized spacial score (nSPS) is 10.5. The minimum atomic E-state index is 0.270. The van der Waals surface area contributed by atoms with Crippen LogP contribution in [-0.4, -0.2) is 10.4 Å². The molecule has 0 aliphatic rings. The summed E-state index contributed by atoms with van der Waals surface area (Å²) in [5.74, 6) is 0.270. The van der Waals surface area contributed by atoms with E-state index in [-0.39, 0.29) is 5.78 Å². The Balaban J connectivity index is 2.45. The molecule has 84 valence electrons. The number of aryl methyl sites for hydroxylation is 1. The van der Waals surface area contributed by atoms with E-state index in [1.165, 1.54) is 19.3 Å². The van der Waals surface area contributed by atoms with E-state index in [0.717, 1.165) is 18.5 Å². The molecular formula is C13H21NO. The number of ketones is 1. The van der Waals surface area contributed by atoms with Crippen LogP contribution < -0.4 is 0 Å². The lowest BCUT2D eigenvalue weighted by Gasteiger charge is -2.00. The molecule has 1 heterocycles. The zero-order valence-electron chi connectivity index (χ0n) is 9.83. The summed E-state index contributed by atoms with van der Waals surface area (Å²) in [6.45, 7) is 5.27. The maximum Gasteiger partial charge on any atom is 0.164 e. The van der Waals surface area contributed by atoms with Crippen LogP contribution in [-0.2, 0) is 6.54 Å². The van der Waals surface area contributed by atoms with E-state index in [2.05, 4.69) is 11.5 Å². The lowest BCUT2D eigenvalue weighted by atomic mass is 10.1. The van der Waals surface area contributed by atoms with Gasteiger partial charge in [0.05, 0.1) is 0 Å². The van der Waals surface area contributed by atoms with Gasteiger partial charge in [0.2, 0.25) is 0 Å². The van der Waals surface area contributed by atoms with Crippen LogP contribution in [0.15, 0.2) is 18.5 Å². The third-order valence-corrected chi connectivity index (χ3v) is 2.57. The van der Waals surface area contributed by atoms with E-state index in [1.807, 2.05) is 25.4 Å². The number of carbonyl (C=O) groups is 1. The summed E-state index contributed by atoms with van der Waals surface area (Å²) in [5, 5.41) is 0. The first-order valence-electron chi connectivity index (χ1n) is 5.97. The van der Waals surface area contributed by atoms with Crippen LogP contribution in [0.3, 0.4) is 0 Å². The van der Waals surface area contributed by atoms with Crippen LogP contribution in [0.4, 0.5) is 0 Å². The topological polar surface area (TPSA) is 22.0 Å². The largest absolute Gasteiger partial charge is 0.354 e. The predicted molar refractivity (Wildman–Crippen MR) is 63.2 cm³/mol. The van der Waals surface area contributed by atoms with Crippen molar-refractivity contribution in [3.8, 4) is 0 Å². The number of carbonyl (C=O) groups excluding carboxylic acids is 1. The van der Waals surface area contributed by atoms with Crippen molar-refractivity contribution in [1.82, 2.24) is 4.57 Å². The molecule has 15 heavy (non-hydrogen) atoms. The summed E-state index contributed by atoms with van der Waals surface area (Å²) >= 11 is 0. The fraction of sp³-hybridized carbons (Fsp3) is 0.615. The van der Waals surface area contributed by atoms with Crippen LogP contribution in [0.1, 0.15) is 56.3 Å². The van der Waals surface area contributed by atoms with Crippen molar-refractivity contribution in [3.05, 3.63) is 24.0 Å². The van der Waals surface area contributed by atoms with Crippen LogP contribution >= 0.6 is 0 Å². The Bertz CT molecular complexity index is 301. The molecule has 1 aromatic rings. The van der Waals surface area contributed by atoms with Crippen molar-refractivity contribution in [1.29, 1.82) is 0 Å². The molecule has 0 aliphatic carbocycles. The van der Waals surface area contributed by atoms with Gasteiger partial charge in [-0.1, -0.05) is 26.7 Å². The molecule has 0 N–H and O–H groups in total. The molecule has 0 aromatic carbocycles. The minimum Gasteiger partial charge on any atom is -0.354 e. The number of nitrogens with zero attached hydrogens (tertiary/aromatic N) is 1. The highest BCUT2D eigenvalue weighted by molar-refractivity contribution is 5.95. The highest BCUT2D eigenvalue weighted by atomic mass is 16.1. The van der Waals surface area contributed by atoms with Crippen LogP contribution in [0.5, 0.6) is 0 Å². The van der Waals surface area contributed by atoms with Gasteiger partial charge in [0.15, 0.2) is 5.78 Å². The maximum absolute atomic E-state index is 11.6.